The van der Waals surface area contributed by atoms with Crippen molar-refractivity contribution in [3.8, 4) is 0 Å². The van der Waals surface area contributed by atoms with Crippen molar-refractivity contribution in [2.75, 3.05) is 0 Å². The molecule has 1 saturated carbocycles. The average Bonchev–Trinajstić information content (AvgIpc) is 2.48. The van der Waals surface area contributed by atoms with E-state index in [2.05, 4.69) is 19.2 Å². The van der Waals surface area contributed by atoms with Crippen molar-refractivity contribution in [2.24, 2.45) is 5.92 Å². The zero-order valence-corrected chi connectivity index (χ0v) is 9.34. The van der Waals surface area contributed by atoms with Crippen molar-refractivity contribution in [1.82, 2.24) is 5.32 Å². The molecule has 0 aromatic carbocycles. The van der Waals surface area contributed by atoms with Crippen LogP contribution >= 0.6 is 0 Å². The van der Waals surface area contributed by atoms with Crippen molar-refractivity contribution in [3.63, 3.8) is 0 Å². The van der Waals surface area contributed by atoms with Crippen LogP contribution in [0.3, 0.4) is 0 Å². The number of aliphatic carboxylic acids is 1. The van der Waals surface area contributed by atoms with E-state index in [1.165, 1.54) is 0 Å². The molecule has 0 spiro atoms. The maximum Gasteiger partial charge on any atom is 0.323 e. The standard InChI is InChI=1S/C11H21NO2/c1-4-9(3)12-11(10(13)14)6-5-8(2)7-11/h8-9,12H,4-7H2,1-3H3,(H,13,14). The van der Waals surface area contributed by atoms with E-state index in [1.54, 1.807) is 0 Å². The highest BCUT2D eigenvalue weighted by atomic mass is 16.4. The predicted octanol–water partition coefficient (Wildman–Crippen LogP) is 2.02. The van der Waals surface area contributed by atoms with E-state index < -0.39 is 11.5 Å². The fraction of sp³-hybridized carbons (Fsp3) is 0.909. The number of hydrogen-bond donors (Lipinski definition) is 2. The van der Waals surface area contributed by atoms with Gasteiger partial charge >= 0.3 is 5.97 Å². The van der Waals surface area contributed by atoms with E-state index in [0.717, 1.165) is 25.7 Å². The molecular weight excluding hydrogens is 178 g/mol. The summed E-state index contributed by atoms with van der Waals surface area (Å²) in [5.41, 5.74) is -0.644. The zero-order valence-electron chi connectivity index (χ0n) is 9.34. The topological polar surface area (TPSA) is 49.3 Å². The lowest BCUT2D eigenvalue weighted by atomic mass is 9.95. The van der Waals surface area contributed by atoms with Gasteiger partial charge in [-0.3, -0.25) is 10.1 Å². The number of carboxylic acids is 1. The first-order chi connectivity index (χ1) is 6.50. The van der Waals surface area contributed by atoms with Gasteiger partial charge in [-0.2, -0.15) is 0 Å². The van der Waals surface area contributed by atoms with Gasteiger partial charge < -0.3 is 5.11 Å². The van der Waals surface area contributed by atoms with Crippen LogP contribution in [0.1, 0.15) is 46.5 Å². The van der Waals surface area contributed by atoms with Crippen molar-refractivity contribution in [1.29, 1.82) is 0 Å². The number of carboxylic acid groups (broad SMARTS) is 1. The molecule has 14 heavy (non-hydrogen) atoms. The molecule has 1 aliphatic rings. The summed E-state index contributed by atoms with van der Waals surface area (Å²) in [5, 5.41) is 12.5. The minimum absolute atomic E-state index is 0.288. The second-order valence-corrected chi connectivity index (χ2v) is 4.69. The molecule has 0 amide bonds. The first-order valence-electron chi connectivity index (χ1n) is 5.51. The summed E-state index contributed by atoms with van der Waals surface area (Å²) in [4.78, 5) is 11.3. The zero-order chi connectivity index (χ0) is 10.8. The Morgan fingerprint density at radius 3 is 2.71 bits per heavy atom. The van der Waals surface area contributed by atoms with Crippen LogP contribution in [-0.2, 0) is 4.79 Å². The van der Waals surface area contributed by atoms with Gasteiger partial charge in [0.25, 0.3) is 0 Å². The summed E-state index contributed by atoms with van der Waals surface area (Å²) in [5.74, 6) is -0.148. The van der Waals surface area contributed by atoms with Gasteiger partial charge in [-0.1, -0.05) is 13.8 Å². The monoisotopic (exact) mass is 199 g/mol. The molecular formula is C11H21NO2. The Kier molecular flexibility index (Phi) is 3.53. The van der Waals surface area contributed by atoms with Crippen molar-refractivity contribution >= 4 is 5.97 Å². The second-order valence-electron chi connectivity index (χ2n) is 4.69. The van der Waals surface area contributed by atoms with Crippen molar-refractivity contribution < 1.29 is 9.90 Å². The highest BCUT2D eigenvalue weighted by Crippen LogP contribution is 2.35. The summed E-state index contributed by atoms with van der Waals surface area (Å²) < 4.78 is 0. The number of nitrogens with one attached hydrogen (secondary N) is 1. The van der Waals surface area contributed by atoms with E-state index in [0.29, 0.717) is 5.92 Å². The number of carbonyl (C=O) groups is 1. The minimum atomic E-state index is -0.679. The molecule has 0 saturated heterocycles. The molecule has 0 heterocycles. The number of hydrogen-bond acceptors (Lipinski definition) is 2. The third-order valence-electron chi connectivity index (χ3n) is 3.31. The Morgan fingerprint density at radius 1 is 1.71 bits per heavy atom. The lowest BCUT2D eigenvalue weighted by Gasteiger charge is -2.29. The average molecular weight is 199 g/mol. The van der Waals surface area contributed by atoms with Gasteiger partial charge in [0.2, 0.25) is 0 Å². The molecule has 0 aliphatic heterocycles. The highest BCUT2D eigenvalue weighted by molar-refractivity contribution is 5.79. The summed E-state index contributed by atoms with van der Waals surface area (Å²) in [7, 11) is 0. The summed E-state index contributed by atoms with van der Waals surface area (Å²) in [6, 6.07) is 0.288. The SMILES string of the molecule is CCC(C)NC1(C(=O)O)CCC(C)C1. The Balaban J connectivity index is 2.68. The number of rotatable bonds is 4. The molecule has 0 radical (unpaired) electrons. The molecule has 0 aromatic rings. The Morgan fingerprint density at radius 2 is 2.36 bits per heavy atom. The maximum absolute atomic E-state index is 11.3. The van der Waals surface area contributed by atoms with Crippen molar-refractivity contribution in [2.45, 2.75) is 58.0 Å². The van der Waals surface area contributed by atoms with Crippen LogP contribution in [0, 0.1) is 5.92 Å². The highest BCUT2D eigenvalue weighted by Gasteiger charge is 2.44. The normalized spacial score (nSPS) is 34.4. The lowest BCUT2D eigenvalue weighted by Crippen LogP contribution is -2.53. The molecule has 1 fully saturated rings. The third-order valence-corrected chi connectivity index (χ3v) is 3.31. The van der Waals surface area contributed by atoms with Gasteiger partial charge in [0.05, 0.1) is 0 Å². The van der Waals surface area contributed by atoms with Crippen LogP contribution in [-0.4, -0.2) is 22.7 Å². The van der Waals surface area contributed by atoms with Crippen LogP contribution in [0.5, 0.6) is 0 Å². The fourth-order valence-corrected chi connectivity index (χ4v) is 2.25. The molecule has 0 aromatic heterocycles. The van der Waals surface area contributed by atoms with E-state index in [-0.39, 0.29) is 6.04 Å². The Hall–Kier alpha value is -0.570. The van der Waals surface area contributed by atoms with Gasteiger partial charge in [-0.15, -0.1) is 0 Å². The van der Waals surface area contributed by atoms with E-state index >= 15 is 0 Å². The van der Waals surface area contributed by atoms with E-state index in [4.69, 9.17) is 0 Å². The van der Waals surface area contributed by atoms with Crippen LogP contribution < -0.4 is 5.32 Å². The summed E-state index contributed by atoms with van der Waals surface area (Å²) in [6.45, 7) is 6.25. The van der Waals surface area contributed by atoms with Crippen molar-refractivity contribution in [3.05, 3.63) is 0 Å². The second kappa shape index (κ2) is 4.30. The van der Waals surface area contributed by atoms with E-state index in [9.17, 15) is 9.90 Å². The van der Waals surface area contributed by atoms with Crippen LogP contribution in [0.15, 0.2) is 0 Å². The molecule has 1 rings (SSSR count). The van der Waals surface area contributed by atoms with Gasteiger partial charge in [-0.25, -0.2) is 0 Å². The van der Waals surface area contributed by atoms with Gasteiger partial charge in [0, 0.05) is 6.04 Å². The van der Waals surface area contributed by atoms with Gasteiger partial charge in [0.1, 0.15) is 5.54 Å². The largest absolute Gasteiger partial charge is 0.480 e. The lowest BCUT2D eigenvalue weighted by molar-refractivity contribution is -0.145. The first kappa shape index (κ1) is 11.5. The molecule has 3 nitrogen and oxygen atoms in total. The molecule has 1 aliphatic carbocycles. The smallest absolute Gasteiger partial charge is 0.323 e. The molecule has 82 valence electrons. The van der Waals surface area contributed by atoms with Crippen LogP contribution in [0.4, 0.5) is 0 Å². The van der Waals surface area contributed by atoms with E-state index in [1.807, 2.05) is 6.92 Å². The molecule has 3 unspecified atom stereocenters. The Labute approximate surface area is 85.9 Å². The Bertz CT molecular complexity index is 217. The predicted molar refractivity (Wildman–Crippen MR) is 56.3 cm³/mol. The molecule has 3 heteroatoms. The summed E-state index contributed by atoms with van der Waals surface area (Å²) in [6.07, 6.45) is 3.54. The maximum atomic E-state index is 11.3. The van der Waals surface area contributed by atoms with Crippen LogP contribution in [0.25, 0.3) is 0 Å². The van der Waals surface area contributed by atoms with Gasteiger partial charge in [-0.05, 0) is 38.5 Å². The quantitative estimate of drug-likeness (QED) is 0.728. The summed E-state index contributed by atoms with van der Waals surface area (Å²) >= 11 is 0. The van der Waals surface area contributed by atoms with Crippen LogP contribution in [0.2, 0.25) is 0 Å². The third kappa shape index (κ3) is 2.27. The molecule has 2 N–H and O–H groups in total. The fourth-order valence-electron chi connectivity index (χ4n) is 2.25. The molecule has 3 atom stereocenters. The van der Waals surface area contributed by atoms with Gasteiger partial charge in [0.15, 0.2) is 0 Å². The first-order valence-corrected chi connectivity index (χ1v) is 5.51. The minimum Gasteiger partial charge on any atom is -0.480 e. The molecule has 0 bridgehead atoms.